The summed E-state index contributed by atoms with van der Waals surface area (Å²) in [4.78, 5) is 11.5. The van der Waals surface area contributed by atoms with Crippen molar-refractivity contribution in [2.24, 2.45) is 0 Å². The summed E-state index contributed by atoms with van der Waals surface area (Å²) in [5.74, 6) is 0.586. The molecule has 1 aliphatic rings. The molecule has 0 aromatic heterocycles. The van der Waals surface area contributed by atoms with E-state index in [9.17, 15) is 4.79 Å². The maximum absolute atomic E-state index is 11.5. The van der Waals surface area contributed by atoms with E-state index in [2.05, 4.69) is 10.9 Å². The van der Waals surface area contributed by atoms with Crippen LogP contribution in [0.5, 0.6) is 5.75 Å². The smallest absolute Gasteiger partial charge is 0.269 e. The summed E-state index contributed by atoms with van der Waals surface area (Å²) in [5.41, 5.74) is 5.68. The van der Waals surface area contributed by atoms with E-state index >= 15 is 0 Å². The van der Waals surface area contributed by atoms with Gasteiger partial charge in [-0.25, -0.2) is 0 Å². The van der Waals surface area contributed by atoms with E-state index in [1.807, 2.05) is 6.07 Å². The van der Waals surface area contributed by atoms with Gasteiger partial charge in [-0.05, 0) is 12.1 Å². The molecule has 1 aliphatic heterocycles. The SMILES string of the molecule is O=C1NN[C@@H](CCl)Oc2ccccc21. The molecule has 74 valence electrons. The van der Waals surface area contributed by atoms with Crippen LogP contribution >= 0.6 is 11.6 Å². The van der Waals surface area contributed by atoms with E-state index < -0.39 is 6.23 Å². The summed E-state index contributed by atoms with van der Waals surface area (Å²) in [5, 5.41) is 0. The summed E-state index contributed by atoms with van der Waals surface area (Å²) < 4.78 is 5.45. The molecule has 0 saturated carbocycles. The minimum atomic E-state index is -0.399. The van der Waals surface area contributed by atoms with Gasteiger partial charge < -0.3 is 4.74 Å². The second kappa shape index (κ2) is 3.86. The highest BCUT2D eigenvalue weighted by Crippen LogP contribution is 2.20. The standard InChI is InChI=1S/C9H9ClN2O2/c10-5-8-11-12-9(13)6-3-1-2-4-7(6)14-8/h1-4,8,11H,5H2,(H,12,13)/t8-/m1/s1. The van der Waals surface area contributed by atoms with Crippen molar-refractivity contribution in [1.82, 2.24) is 10.9 Å². The quantitative estimate of drug-likeness (QED) is 0.680. The van der Waals surface area contributed by atoms with E-state index in [0.717, 1.165) is 0 Å². The van der Waals surface area contributed by atoms with E-state index in [1.165, 1.54) is 0 Å². The number of hydrogen-bond donors (Lipinski definition) is 2. The van der Waals surface area contributed by atoms with Crippen LogP contribution in [0, 0.1) is 0 Å². The molecular weight excluding hydrogens is 204 g/mol. The van der Waals surface area contributed by atoms with E-state index in [1.54, 1.807) is 18.2 Å². The van der Waals surface area contributed by atoms with E-state index in [4.69, 9.17) is 16.3 Å². The number of fused-ring (bicyclic) bond motifs is 1. The molecule has 2 rings (SSSR count). The summed E-state index contributed by atoms with van der Waals surface area (Å²) in [6.07, 6.45) is -0.399. The molecule has 0 fully saturated rings. The molecule has 4 nitrogen and oxygen atoms in total. The van der Waals surface area contributed by atoms with Crippen LogP contribution in [0.2, 0.25) is 0 Å². The van der Waals surface area contributed by atoms with Crippen LogP contribution in [0.4, 0.5) is 0 Å². The lowest BCUT2D eigenvalue weighted by molar-refractivity contribution is 0.0912. The summed E-state index contributed by atoms with van der Waals surface area (Å²) in [7, 11) is 0. The molecule has 0 spiro atoms. The van der Waals surface area contributed by atoms with Gasteiger partial charge in [0, 0.05) is 0 Å². The van der Waals surface area contributed by atoms with Crippen LogP contribution < -0.4 is 15.6 Å². The first kappa shape index (κ1) is 9.30. The van der Waals surface area contributed by atoms with Gasteiger partial charge in [-0.15, -0.1) is 11.6 Å². The molecule has 1 heterocycles. The van der Waals surface area contributed by atoms with Crippen LogP contribution in [0.3, 0.4) is 0 Å². The Morgan fingerprint density at radius 1 is 1.43 bits per heavy atom. The highest BCUT2D eigenvalue weighted by molar-refractivity contribution is 6.18. The Bertz CT molecular complexity index is 356. The summed E-state index contributed by atoms with van der Waals surface area (Å²) in [6, 6.07) is 7.02. The number of ether oxygens (including phenoxy) is 1. The molecule has 1 aromatic carbocycles. The zero-order valence-corrected chi connectivity index (χ0v) is 8.04. The fourth-order valence-electron chi connectivity index (χ4n) is 1.22. The highest BCUT2D eigenvalue weighted by Gasteiger charge is 2.20. The molecule has 0 unspecified atom stereocenters. The lowest BCUT2D eigenvalue weighted by atomic mass is 10.2. The molecule has 0 radical (unpaired) electrons. The number of amides is 1. The molecular formula is C9H9ClN2O2. The van der Waals surface area contributed by atoms with Crippen molar-refractivity contribution in [3.63, 3.8) is 0 Å². The number of alkyl halides is 1. The highest BCUT2D eigenvalue weighted by atomic mass is 35.5. The molecule has 1 atom stereocenters. The van der Waals surface area contributed by atoms with Crippen molar-refractivity contribution in [1.29, 1.82) is 0 Å². The van der Waals surface area contributed by atoms with Crippen molar-refractivity contribution < 1.29 is 9.53 Å². The molecule has 1 amide bonds. The third-order valence-corrected chi connectivity index (χ3v) is 2.17. The zero-order chi connectivity index (χ0) is 9.97. The van der Waals surface area contributed by atoms with Crippen LogP contribution in [-0.2, 0) is 0 Å². The first-order valence-corrected chi connectivity index (χ1v) is 4.72. The van der Waals surface area contributed by atoms with Crippen LogP contribution in [-0.4, -0.2) is 18.0 Å². The van der Waals surface area contributed by atoms with E-state index in [-0.39, 0.29) is 11.8 Å². The molecule has 1 aromatic rings. The lowest BCUT2D eigenvalue weighted by Crippen LogP contribution is -2.45. The van der Waals surface area contributed by atoms with Crippen molar-refractivity contribution >= 4 is 17.5 Å². The third kappa shape index (κ3) is 1.66. The van der Waals surface area contributed by atoms with Gasteiger partial charge in [0.2, 0.25) is 0 Å². The fraction of sp³-hybridized carbons (Fsp3) is 0.222. The molecule has 2 N–H and O–H groups in total. The Hall–Kier alpha value is -1.26. The number of carbonyl (C=O) groups is 1. The summed E-state index contributed by atoms with van der Waals surface area (Å²) >= 11 is 5.63. The maximum Gasteiger partial charge on any atom is 0.269 e. The molecule has 0 aliphatic carbocycles. The molecule has 0 saturated heterocycles. The largest absolute Gasteiger partial charge is 0.472 e. The Morgan fingerprint density at radius 2 is 2.21 bits per heavy atom. The van der Waals surface area contributed by atoms with Crippen molar-refractivity contribution in [2.75, 3.05) is 5.88 Å². The van der Waals surface area contributed by atoms with Gasteiger partial charge in [0.15, 0.2) is 6.23 Å². The average Bonchev–Trinajstić information content (AvgIpc) is 2.39. The predicted molar refractivity (Wildman–Crippen MR) is 52.2 cm³/mol. The van der Waals surface area contributed by atoms with Gasteiger partial charge in [0.1, 0.15) is 5.75 Å². The number of halogens is 1. The van der Waals surface area contributed by atoms with Gasteiger partial charge in [-0.1, -0.05) is 12.1 Å². The predicted octanol–water partition coefficient (Wildman–Crippen LogP) is 0.878. The van der Waals surface area contributed by atoms with Crippen LogP contribution in [0.1, 0.15) is 10.4 Å². The van der Waals surface area contributed by atoms with Crippen molar-refractivity contribution in [2.45, 2.75) is 6.23 Å². The van der Waals surface area contributed by atoms with Gasteiger partial charge in [0.05, 0.1) is 11.4 Å². The first-order chi connectivity index (χ1) is 6.81. The number of para-hydroxylation sites is 1. The number of hydrazine groups is 1. The number of nitrogens with one attached hydrogen (secondary N) is 2. The Kier molecular flexibility index (Phi) is 2.56. The number of hydrogen-bond acceptors (Lipinski definition) is 3. The second-order valence-corrected chi connectivity index (χ2v) is 3.16. The monoisotopic (exact) mass is 212 g/mol. The first-order valence-electron chi connectivity index (χ1n) is 4.19. The Labute approximate surface area is 86.2 Å². The summed E-state index contributed by atoms with van der Waals surface area (Å²) in [6.45, 7) is 0. The lowest BCUT2D eigenvalue weighted by Gasteiger charge is -2.13. The average molecular weight is 213 g/mol. The Morgan fingerprint density at radius 3 is 3.00 bits per heavy atom. The van der Waals surface area contributed by atoms with Gasteiger partial charge >= 0.3 is 0 Å². The minimum Gasteiger partial charge on any atom is -0.472 e. The number of carbonyl (C=O) groups excluding carboxylic acids is 1. The molecule has 5 heteroatoms. The zero-order valence-electron chi connectivity index (χ0n) is 7.29. The maximum atomic E-state index is 11.5. The van der Waals surface area contributed by atoms with Gasteiger partial charge in [-0.2, -0.15) is 5.43 Å². The topological polar surface area (TPSA) is 50.4 Å². The fourth-order valence-corrected chi connectivity index (χ4v) is 1.36. The van der Waals surface area contributed by atoms with E-state index in [0.29, 0.717) is 11.3 Å². The van der Waals surface area contributed by atoms with Crippen molar-refractivity contribution in [3.05, 3.63) is 29.8 Å². The third-order valence-electron chi connectivity index (χ3n) is 1.89. The van der Waals surface area contributed by atoms with Crippen LogP contribution in [0.25, 0.3) is 0 Å². The minimum absolute atomic E-state index is 0.215. The van der Waals surface area contributed by atoms with Crippen LogP contribution in [0.15, 0.2) is 24.3 Å². The number of rotatable bonds is 1. The van der Waals surface area contributed by atoms with Crippen molar-refractivity contribution in [3.8, 4) is 5.75 Å². The number of benzene rings is 1. The van der Waals surface area contributed by atoms with Gasteiger partial charge in [-0.3, -0.25) is 10.2 Å². The molecule has 14 heavy (non-hydrogen) atoms. The second-order valence-electron chi connectivity index (χ2n) is 2.86. The Balaban J connectivity index is 2.36. The molecule has 0 bridgehead atoms. The normalized spacial score (nSPS) is 20.4. The van der Waals surface area contributed by atoms with Gasteiger partial charge in [0.25, 0.3) is 5.91 Å².